The first kappa shape index (κ1) is 10.7. The Bertz CT molecular complexity index is 733. The van der Waals surface area contributed by atoms with Crippen molar-refractivity contribution in [2.24, 2.45) is 0 Å². The van der Waals surface area contributed by atoms with E-state index in [1.54, 1.807) is 12.3 Å². The number of aromatic nitrogens is 3. The van der Waals surface area contributed by atoms with Crippen molar-refractivity contribution in [3.8, 4) is 11.4 Å². The summed E-state index contributed by atoms with van der Waals surface area (Å²) in [6.45, 7) is 1.97. The van der Waals surface area contributed by atoms with E-state index in [-0.39, 0.29) is 5.82 Å². The lowest BCUT2D eigenvalue weighted by atomic mass is 10.1. The van der Waals surface area contributed by atoms with Crippen LogP contribution in [0.4, 0.5) is 10.1 Å². The van der Waals surface area contributed by atoms with E-state index in [1.807, 2.05) is 13.0 Å². The fourth-order valence-electron chi connectivity index (χ4n) is 1.91. The Kier molecular flexibility index (Phi) is 2.26. The summed E-state index contributed by atoms with van der Waals surface area (Å²) in [5.41, 5.74) is 9.38. The summed E-state index contributed by atoms with van der Waals surface area (Å²) in [6, 6.07) is 6.15. The number of hydrogen-bond acceptors (Lipinski definition) is 3. The molecule has 0 aliphatic heterocycles. The zero-order chi connectivity index (χ0) is 12.7. The highest BCUT2D eigenvalue weighted by molar-refractivity contribution is 5.81. The molecule has 0 aliphatic carbocycles. The lowest BCUT2D eigenvalue weighted by molar-refractivity contribution is 0.628. The van der Waals surface area contributed by atoms with Crippen molar-refractivity contribution in [1.82, 2.24) is 15.0 Å². The number of halogens is 1. The molecular weight excluding hydrogens is 231 g/mol. The standard InChI is InChI=1S/C13H11FN4/c1-7-4-5-16-13-11(7)17-12(18-13)9-3-2-8(14)6-10(9)15/h2-6H,15H2,1H3,(H,16,17,18). The van der Waals surface area contributed by atoms with Crippen LogP contribution in [-0.2, 0) is 0 Å². The Balaban J connectivity index is 2.23. The maximum atomic E-state index is 13.0. The van der Waals surface area contributed by atoms with Gasteiger partial charge in [-0.2, -0.15) is 0 Å². The Morgan fingerprint density at radius 3 is 2.83 bits per heavy atom. The number of nitrogens with one attached hydrogen (secondary N) is 1. The summed E-state index contributed by atoms with van der Waals surface area (Å²) in [4.78, 5) is 11.7. The zero-order valence-corrected chi connectivity index (χ0v) is 9.74. The molecule has 0 saturated heterocycles. The van der Waals surface area contributed by atoms with Gasteiger partial charge in [-0.05, 0) is 36.8 Å². The molecule has 0 unspecified atom stereocenters. The monoisotopic (exact) mass is 242 g/mol. The number of nitrogens with two attached hydrogens (primary N) is 1. The molecule has 0 saturated carbocycles. The van der Waals surface area contributed by atoms with Gasteiger partial charge in [0.1, 0.15) is 11.6 Å². The van der Waals surface area contributed by atoms with Crippen molar-refractivity contribution in [3.05, 3.63) is 41.8 Å². The van der Waals surface area contributed by atoms with Gasteiger partial charge in [0, 0.05) is 17.4 Å². The molecule has 0 atom stereocenters. The van der Waals surface area contributed by atoms with Gasteiger partial charge in [-0.1, -0.05) is 0 Å². The largest absolute Gasteiger partial charge is 0.398 e. The third-order valence-electron chi connectivity index (χ3n) is 2.87. The predicted octanol–water partition coefficient (Wildman–Crippen LogP) is 2.65. The number of anilines is 1. The van der Waals surface area contributed by atoms with Crippen LogP contribution in [0, 0.1) is 12.7 Å². The fraction of sp³-hybridized carbons (Fsp3) is 0.0769. The number of rotatable bonds is 1. The third kappa shape index (κ3) is 1.60. The van der Waals surface area contributed by atoms with E-state index in [9.17, 15) is 4.39 Å². The number of hydrogen-bond donors (Lipinski definition) is 2. The molecule has 1 aromatic carbocycles. The molecule has 18 heavy (non-hydrogen) atoms. The molecule has 3 rings (SSSR count). The average Bonchev–Trinajstić information content (AvgIpc) is 2.74. The molecule has 2 aromatic heterocycles. The van der Waals surface area contributed by atoms with Crippen LogP contribution in [0.3, 0.4) is 0 Å². The van der Waals surface area contributed by atoms with Gasteiger partial charge in [-0.15, -0.1) is 0 Å². The number of pyridine rings is 1. The second kappa shape index (κ2) is 3.80. The number of H-pyrrole nitrogens is 1. The number of nitrogens with zero attached hydrogens (tertiary/aromatic N) is 2. The van der Waals surface area contributed by atoms with E-state index in [0.717, 1.165) is 11.1 Å². The average molecular weight is 242 g/mol. The molecule has 0 spiro atoms. The Morgan fingerprint density at radius 1 is 1.28 bits per heavy atom. The summed E-state index contributed by atoms with van der Waals surface area (Å²) in [5.74, 6) is 0.242. The second-order valence-corrected chi connectivity index (χ2v) is 4.14. The second-order valence-electron chi connectivity index (χ2n) is 4.14. The Morgan fingerprint density at radius 2 is 2.11 bits per heavy atom. The van der Waals surface area contributed by atoms with E-state index in [0.29, 0.717) is 22.7 Å². The highest BCUT2D eigenvalue weighted by atomic mass is 19.1. The van der Waals surface area contributed by atoms with E-state index >= 15 is 0 Å². The Hall–Kier alpha value is -2.43. The number of fused-ring (bicyclic) bond motifs is 1. The van der Waals surface area contributed by atoms with Crippen LogP contribution in [-0.4, -0.2) is 15.0 Å². The number of aromatic amines is 1. The van der Waals surface area contributed by atoms with Gasteiger partial charge in [0.25, 0.3) is 0 Å². The normalized spacial score (nSPS) is 11.0. The minimum Gasteiger partial charge on any atom is -0.398 e. The molecule has 2 heterocycles. The first-order valence-corrected chi connectivity index (χ1v) is 5.52. The predicted molar refractivity (Wildman–Crippen MR) is 68.4 cm³/mol. The van der Waals surface area contributed by atoms with Crippen LogP contribution in [0.1, 0.15) is 5.56 Å². The summed E-state index contributed by atoms with van der Waals surface area (Å²) < 4.78 is 13.0. The summed E-state index contributed by atoms with van der Waals surface area (Å²) >= 11 is 0. The number of benzene rings is 1. The van der Waals surface area contributed by atoms with Gasteiger partial charge in [0.15, 0.2) is 5.65 Å². The van der Waals surface area contributed by atoms with Crippen molar-refractivity contribution >= 4 is 16.9 Å². The van der Waals surface area contributed by atoms with Crippen LogP contribution >= 0.6 is 0 Å². The van der Waals surface area contributed by atoms with Crippen LogP contribution in [0.5, 0.6) is 0 Å². The first-order valence-electron chi connectivity index (χ1n) is 5.52. The molecule has 0 amide bonds. The minimum absolute atomic E-state index is 0.353. The lowest BCUT2D eigenvalue weighted by Gasteiger charge is -2.01. The molecular formula is C13H11FN4. The van der Waals surface area contributed by atoms with Gasteiger partial charge >= 0.3 is 0 Å². The highest BCUT2D eigenvalue weighted by Gasteiger charge is 2.10. The maximum Gasteiger partial charge on any atom is 0.178 e. The van der Waals surface area contributed by atoms with Crippen molar-refractivity contribution in [2.45, 2.75) is 6.92 Å². The summed E-state index contributed by atoms with van der Waals surface area (Å²) in [7, 11) is 0. The van der Waals surface area contributed by atoms with Crippen LogP contribution in [0.2, 0.25) is 0 Å². The zero-order valence-electron chi connectivity index (χ0n) is 9.74. The summed E-state index contributed by atoms with van der Waals surface area (Å²) in [5, 5.41) is 0. The molecule has 5 heteroatoms. The van der Waals surface area contributed by atoms with Gasteiger partial charge in [0.05, 0.1) is 5.52 Å². The third-order valence-corrected chi connectivity index (χ3v) is 2.87. The molecule has 3 N–H and O–H groups in total. The SMILES string of the molecule is Cc1ccnc2nc(-c3ccc(F)cc3N)[nH]c12. The molecule has 3 aromatic rings. The van der Waals surface area contributed by atoms with Crippen molar-refractivity contribution in [3.63, 3.8) is 0 Å². The van der Waals surface area contributed by atoms with Gasteiger partial charge < -0.3 is 10.7 Å². The minimum atomic E-state index is -0.360. The number of imidazole rings is 1. The number of nitrogen functional groups attached to an aromatic ring is 1. The van der Waals surface area contributed by atoms with Crippen LogP contribution < -0.4 is 5.73 Å². The van der Waals surface area contributed by atoms with E-state index in [4.69, 9.17) is 5.73 Å². The Labute approximate surface area is 103 Å². The summed E-state index contributed by atoms with van der Waals surface area (Å²) in [6.07, 6.45) is 1.70. The molecule has 90 valence electrons. The highest BCUT2D eigenvalue weighted by Crippen LogP contribution is 2.26. The van der Waals surface area contributed by atoms with Gasteiger partial charge in [-0.25, -0.2) is 14.4 Å². The maximum absolute atomic E-state index is 13.0. The van der Waals surface area contributed by atoms with Crippen LogP contribution in [0.15, 0.2) is 30.5 Å². The van der Waals surface area contributed by atoms with Gasteiger partial charge in [-0.3, -0.25) is 0 Å². The van der Waals surface area contributed by atoms with E-state index in [1.165, 1.54) is 12.1 Å². The smallest absolute Gasteiger partial charge is 0.178 e. The quantitative estimate of drug-likeness (QED) is 0.644. The van der Waals surface area contributed by atoms with E-state index < -0.39 is 0 Å². The lowest BCUT2D eigenvalue weighted by Crippen LogP contribution is -1.92. The molecule has 4 nitrogen and oxygen atoms in total. The van der Waals surface area contributed by atoms with E-state index in [2.05, 4.69) is 15.0 Å². The first-order chi connectivity index (χ1) is 8.65. The topological polar surface area (TPSA) is 67.6 Å². The molecule has 0 fully saturated rings. The molecule has 0 bridgehead atoms. The van der Waals surface area contributed by atoms with Crippen LogP contribution in [0.25, 0.3) is 22.6 Å². The van der Waals surface area contributed by atoms with Gasteiger partial charge in [0.2, 0.25) is 0 Å². The van der Waals surface area contributed by atoms with Crippen molar-refractivity contribution < 1.29 is 4.39 Å². The molecule has 0 radical (unpaired) electrons. The molecule has 0 aliphatic rings. The van der Waals surface area contributed by atoms with Crippen molar-refractivity contribution in [1.29, 1.82) is 0 Å². The number of aryl methyl sites for hydroxylation is 1. The van der Waals surface area contributed by atoms with Crippen molar-refractivity contribution in [2.75, 3.05) is 5.73 Å². The fourth-order valence-corrected chi connectivity index (χ4v) is 1.91.